The molecule has 1 fully saturated rings. The van der Waals surface area contributed by atoms with E-state index in [1.807, 2.05) is 0 Å². The lowest BCUT2D eigenvalue weighted by Gasteiger charge is -2.35. The van der Waals surface area contributed by atoms with E-state index >= 15 is 0 Å². The van der Waals surface area contributed by atoms with Gasteiger partial charge in [0.2, 0.25) is 0 Å². The number of rotatable bonds is 4. The topological polar surface area (TPSA) is 78.0 Å². The highest BCUT2D eigenvalue weighted by atomic mass is 16.3. The first kappa shape index (κ1) is 13.1. The number of nitrogens with zero attached hydrogens (tertiary/aromatic N) is 1. The molecule has 5 heteroatoms. The van der Waals surface area contributed by atoms with Crippen molar-refractivity contribution < 1.29 is 5.11 Å². The van der Waals surface area contributed by atoms with Crippen molar-refractivity contribution in [3.05, 3.63) is 22.7 Å². The summed E-state index contributed by atoms with van der Waals surface area (Å²) in [6.07, 6.45) is 7.92. The normalized spacial score (nSPS) is 28.0. The van der Waals surface area contributed by atoms with Crippen molar-refractivity contribution in [3.8, 4) is 0 Å². The van der Waals surface area contributed by atoms with E-state index in [1.165, 1.54) is 18.8 Å². The molecule has 0 aliphatic heterocycles. The third-order valence-electron chi connectivity index (χ3n) is 3.91. The summed E-state index contributed by atoms with van der Waals surface area (Å²) in [6, 6.07) is 0. The Labute approximate surface area is 107 Å². The molecule has 0 radical (unpaired) electrons. The molecule has 5 nitrogen and oxygen atoms in total. The van der Waals surface area contributed by atoms with Crippen LogP contribution in [-0.4, -0.2) is 27.2 Å². The van der Waals surface area contributed by atoms with Gasteiger partial charge in [-0.05, 0) is 31.6 Å². The zero-order chi connectivity index (χ0) is 13.0. The summed E-state index contributed by atoms with van der Waals surface area (Å²) >= 11 is 0. The van der Waals surface area contributed by atoms with Gasteiger partial charge in [0.05, 0.1) is 5.60 Å². The van der Waals surface area contributed by atoms with E-state index in [9.17, 15) is 9.90 Å². The first-order chi connectivity index (χ1) is 8.63. The third-order valence-corrected chi connectivity index (χ3v) is 3.91. The van der Waals surface area contributed by atoms with Crippen LogP contribution < -0.4 is 10.9 Å². The van der Waals surface area contributed by atoms with Crippen molar-refractivity contribution >= 4 is 5.82 Å². The van der Waals surface area contributed by atoms with Crippen LogP contribution in [0.2, 0.25) is 0 Å². The monoisotopic (exact) mass is 251 g/mol. The molecule has 0 unspecified atom stereocenters. The minimum atomic E-state index is -0.699. The smallest absolute Gasteiger partial charge is 0.290 e. The fourth-order valence-electron chi connectivity index (χ4n) is 2.53. The second-order valence-electron chi connectivity index (χ2n) is 5.20. The highest BCUT2D eigenvalue weighted by Crippen LogP contribution is 2.33. The third kappa shape index (κ3) is 3.10. The Bertz CT molecular complexity index is 436. The predicted molar refractivity (Wildman–Crippen MR) is 70.5 cm³/mol. The molecule has 1 saturated carbocycles. The van der Waals surface area contributed by atoms with Crippen LogP contribution in [0.25, 0.3) is 0 Å². The Hall–Kier alpha value is -1.36. The summed E-state index contributed by atoms with van der Waals surface area (Å²) in [7, 11) is 0. The maximum absolute atomic E-state index is 11.4. The molecule has 2 rings (SSSR count). The van der Waals surface area contributed by atoms with Gasteiger partial charge in [0.15, 0.2) is 5.82 Å². The van der Waals surface area contributed by atoms with Crippen LogP contribution in [-0.2, 0) is 0 Å². The molecule has 0 atom stereocenters. The lowest BCUT2D eigenvalue weighted by molar-refractivity contribution is 0.00221. The van der Waals surface area contributed by atoms with E-state index in [-0.39, 0.29) is 11.4 Å². The first-order valence-electron chi connectivity index (χ1n) is 6.63. The number of hydrogen-bond donors (Lipinski definition) is 3. The highest BCUT2D eigenvalue weighted by molar-refractivity contribution is 5.30. The van der Waals surface area contributed by atoms with Crippen molar-refractivity contribution in [2.45, 2.75) is 44.6 Å². The van der Waals surface area contributed by atoms with Crippen molar-refractivity contribution in [1.82, 2.24) is 9.97 Å². The summed E-state index contributed by atoms with van der Waals surface area (Å²) in [6.45, 7) is 2.59. The predicted octanol–water partition coefficient (Wildman–Crippen LogP) is 1.51. The molecule has 1 aliphatic carbocycles. The molecule has 1 aromatic rings. The summed E-state index contributed by atoms with van der Waals surface area (Å²) in [5, 5.41) is 13.4. The standard InChI is InChI=1S/C13H21N3O2/c1-2-10-3-5-13(18,6-4-10)9-16-11-12(17)15-8-7-14-11/h7-8,10,18H,2-6,9H2,1H3,(H,14,16)(H,15,17). The van der Waals surface area contributed by atoms with Crippen LogP contribution in [0.5, 0.6) is 0 Å². The zero-order valence-electron chi connectivity index (χ0n) is 10.8. The fourth-order valence-corrected chi connectivity index (χ4v) is 2.53. The minimum Gasteiger partial charge on any atom is -0.388 e. The Kier molecular flexibility index (Phi) is 4.01. The quantitative estimate of drug-likeness (QED) is 0.758. The maximum atomic E-state index is 11.4. The minimum absolute atomic E-state index is 0.247. The van der Waals surface area contributed by atoms with E-state index in [2.05, 4.69) is 22.2 Å². The van der Waals surface area contributed by atoms with E-state index in [0.29, 0.717) is 6.54 Å². The average Bonchev–Trinajstić information content (AvgIpc) is 2.39. The van der Waals surface area contributed by atoms with Crippen LogP contribution in [0, 0.1) is 5.92 Å². The van der Waals surface area contributed by atoms with Gasteiger partial charge in [-0.25, -0.2) is 4.98 Å². The summed E-state index contributed by atoms with van der Waals surface area (Å²) in [5.74, 6) is 1.02. The molecule has 1 aliphatic rings. The first-order valence-corrected chi connectivity index (χ1v) is 6.63. The second kappa shape index (κ2) is 5.52. The molecule has 0 bridgehead atoms. The summed E-state index contributed by atoms with van der Waals surface area (Å²) in [4.78, 5) is 17.9. The molecule has 0 aromatic carbocycles. The number of H-pyrrole nitrogens is 1. The molecular weight excluding hydrogens is 230 g/mol. The van der Waals surface area contributed by atoms with Crippen molar-refractivity contribution in [3.63, 3.8) is 0 Å². The molecule has 3 N–H and O–H groups in total. The number of aliphatic hydroxyl groups is 1. The van der Waals surface area contributed by atoms with Gasteiger partial charge in [0.25, 0.3) is 5.56 Å². The number of aromatic amines is 1. The molecule has 1 heterocycles. The second-order valence-corrected chi connectivity index (χ2v) is 5.20. The van der Waals surface area contributed by atoms with Gasteiger partial charge in [0, 0.05) is 18.9 Å². The largest absolute Gasteiger partial charge is 0.388 e. The molecule has 100 valence electrons. The zero-order valence-corrected chi connectivity index (χ0v) is 10.8. The Morgan fingerprint density at radius 2 is 2.28 bits per heavy atom. The molecule has 0 spiro atoms. The van der Waals surface area contributed by atoms with Crippen molar-refractivity contribution in [2.24, 2.45) is 5.92 Å². The van der Waals surface area contributed by atoms with Gasteiger partial charge >= 0.3 is 0 Å². The van der Waals surface area contributed by atoms with E-state index in [0.717, 1.165) is 31.6 Å². The molecule has 1 aromatic heterocycles. The van der Waals surface area contributed by atoms with Crippen molar-refractivity contribution in [2.75, 3.05) is 11.9 Å². The van der Waals surface area contributed by atoms with Crippen LogP contribution in [0.3, 0.4) is 0 Å². The summed E-state index contributed by atoms with van der Waals surface area (Å²) in [5.41, 5.74) is -0.946. The maximum Gasteiger partial charge on any atom is 0.290 e. The number of hydrogen-bond acceptors (Lipinski definition) is 4. The van der Waals surface area contributed by atoms with E-state index < -0.39 is 5.60 Å². The Morgan fingerprint density at radius 1 is 1.56 bits per heavy atom. The average molecular weight is 251 g/mol. The summed E-state index contributed by atoms with van der Waals surface area (Å²) < 4.78 is 0. The molecular formula is C13H21N3O2. The lowest BCUT2D eigenvalue weighted by atomic mass is 9.78. The lowest BCUT2D eigenvalue weighted by Crippen LogP contribution is -2.41. The highest BCUT2D eigenvalue weighted by Gasteiger charge is 2.32. The van der Waals surface area contributed by atoms with Crippen LogP contribution in [0.1, 0.15) is 39.0 Å². The van der Waals surface area contributed by atoms with Gasteiger partial charge in [-0.15, -0.1) is 0 Å². The number of aromatic nitrogens is 2. The molecule has 0 amide bonds. The molecule has 0 saturated heterocycles. The van der Waals surface area contributed by atoms with Gasteiger partial charge in [-0.1, -0.05) is 13.3 Å². The fraction of sp³-hybridized carbons (Fsp3) is 0.692. The van der Waals surface area contributed by atoms with Crippen LogP contribution >= 0.6 is 0 Å². The van der Waals surface area contributed by atoms with Crippen LogP contribution in [0.4, 0.5) is 5.82 Å². The number of nitrogens with one attached hydrogen (secondary N) is 2. The van der Waals surface area contributed by atoms with Gasteiger partial charge in [-0.3, -0.25) is 4.79 Å². The van der Waals surface area contributed by atoms with Crippen molar-refractivity contribution in [1.29, 1.82) is 0 Å². The Morgan fingerprint density at radius 3 is 2.89 bits per heavy atom. The van der Waals surface area contributed by atoms with Gasteiger partial charge in [-0.2, -0.15) is 0 Å². The van der Waals surface area contributed by atoms with Gasteiger partial charge < -0.3 is 15.4 Å². The number of anilines is 1. The van der Waals surface area contributed by atoms with E-state index in [1.54, 1.807) is 0 Å². The molecule has 18 heavy (non-hydrogen) atoms. The Balaban J connectivity index is 1.90. The van der Waals surface area contributed by atoms with Crippen LogP contribution in [0.15, 0.2) is 17.2 Å². The van der Waals surface area contributed by atoms with E-state index in [4.69, 9.17) is 0 Å². The van der Waals surface area contributed by atoms with Gasteiger partial charge in [0.1, 0.15) is 0 Å². The SMILES string of the molecule is CCC1CCC(O)(CNc2ncc[nH]c2=O)CC1.